The Morgan fingerprint density at radius 1 is 1.00 bits per heavy atom. The summed E-state index contributed by atoms with van der Waals surface area (Å²) in [5, 5.41) is 3.27. The minimum atomic E-state index is -3.61. The van der Waals surface area contributed by atoms with Gasteiger partial charge in [0.2, 0.25) is 10.0 Å². The summed E-state index contributed by atoms with van der Waals surface area (Å²) in [6.45, 7) is 3.94. The monoisotopic (exact) mass is 431 g/mol. The van der Waals surface area contributed by atoms with Gasteiger partial charge in [-0.15, -0.1) is 12.4 Å². The first-order chi connectivity index (χ1) is 13.0. The Bertz CT molecular complexity index is 756. The molecule has 0 aromatic heterocycles. The van der Waals surface area contributed by atoms with Crippen LogP contribution in [-0.4, -0.2) is 69.9 Å². The van der Waals surface area contributed by atoms with E-state index in [-0.39, 0.29) is 23.2 Å². The fraction of sp³-hybridized carbons (Fsp3) is 0.632. The summed E-state index contributed by atoms with van der Waals surface area (Å²) in [5.41, 5.74) is 0.315. The first kappa shape index (κ1) is 22.9. The van der Waals surface area contributed by atoms with E-state index in [1.54, 1.807) is 21.3 Å². The third-order valence-corrected chi connectivity index (χ3v) is 7.13. The van der Waals surface area contributed by atoms with Crippen molar-refractivity contribution in [2.24, 2.45) is 0 Å². The summed E-state index contributed by atoms with van der Waals surface area (Å²) in [7, 11) is -2.11. The Balaban J connectivity index is 0.00000280. The molecule has 7 nitrogen and oxygen atoms in total. The first-order valence-electron chi connectivity index (χ1n) is 9.72. The second kappa shape index (κ2) is 10.4. The lowest BCUT2D eigenvalue weighted by Crippen LogP contribution is -2.35. The van der Waals surface area contributed by atoms with Crippen molar-refractivity contribution in [3.8, 4) is 5.75 Å². The van der Waals surface area contributed by atoms with Crippen LogP contribution in [0.25, 0.3) is 0 Å². The molecule has 2 fully saturated rings. The number of carbonyl (C=O) groups is 1. The maximum absolute atomic E-state index is 13.1. The maximum Gasteiger partial charge on any atom is 0.257 e. The number of benzene rings is 1. The molecule has 2 aliphatic rings. The molecule has 2 heterocycles. The molecule has 1 aromatic carbocycles. The molecule has 0 bridgehead atoms. The molecule has 158 valence electrons. The fourth-order valence-electron chi connectivity index (χ4n) is 3.66. The SMILES string of the molecule is COc1ccc(S(=O)(=O)N2CCCCCC2)cc1C(=O)N1CCCNCC1.Cl. The van der Waals surface area contributed by atoms with Crippen molar-refractivity contribution in [2.45, 2.75) is 37.0 Å². The number of ether oxygens (including phenoxy) is 1. The average molecular weight is 432 g/mol. The van der Waals surface area contributed by atoms with Crippen molar-refractivity contribution in [3.63, 3.8) is 0 Å². The second-order valence-electron chi connectivity index (χ2n) is 7.08. The zero-order chi connectivity index (χ0) is 19.3. The van der Waals surface area contributed by atoms with E-state index < -0.39 is 10.0 Å². The lowest BCUT2D eigenvalue weighted by Gasteiger charge is -2.23. The molecule has 0 unspecified atom stereocenters. The van der Waals surface area contributed by atoms with E-state index in [1.807, 2.05) is 0 Å². The molecule has 2 saturated heterocycles. The highest BCUT2D eigenvalue weighted by Gasteiger charge is 2.28. The third kappa shape index (κ3) is 5.17. The molecule has 0 saturated carbocycles. The summed E-state index contributed by atoms with van der Waals surface area (Å²) in [6.07, 6.45) is 4.74. The molecule has 2 aliphatic heterocycles. The van der Waals surface area contributed by atoms with Gasteiger partial charge in [0, 0.05) is 32.7 Å². The van der Waals surface area contributed by atoms with Gasteiger partial charge in [-0.25, -0.2) is 8.42 Å². The van der Waals surface area contributed by atoms with E-state index in [2.05, 4.69) is 5.32 Å². The zero-order valence-electron chi connectivity index (χ0n) is 16.4. The number of hydrogen-bond donors (Lipinski definition) is 1. The summed E-state index contributed by atoms with van der Waals surface area (Å²) >= 11 is 0. The summed E-state index contributed by atoms with van der Waals surface area (Å²) in [5.74, 6) is 0.232. The lowest BCUT2D eigenvalue weighted by atomic mass is 10.1. The lowest BCUT2D eigenvalue weighted by molar-refractivity contribution is 0.0762. The molecule has 1 N–H and O–H groups in total. The Kier molecular flexibility index (Phi) is 8.55. The number of halogens is 1. The summed E-state index contributed by atoms with van der Waals surface area (Å²) in [6, 6.07) is 4.62. The molecule has 0 spiro atoms. The van der Waals surface area contributed by atoms with Crippen molar-refractivity contribution in [1.82, 2.24) is 14.5 Å². The fourth-order valence-corrected chi connectivity index (χ4v) is 5.21. The summed E-state index contributed by atoms with van der Waals surface area (Å²) in [4.78, 5) is 15.0. The summed E-state index contributed by atoms with van der Waals surface area (Å²) < 4.78 is 33.1. The number of sulfonamides is 1. The van der Waals surface area contributed by atoms with Gasteiger partial charge in [-0.2, -0.15) is 4.31 Å². The van der Waals surface area contributed by atoms with Crippen LogP contribution in [0, 0.1) is 0 Å². The van der Waals surface area contributed by atoms with Gasteiger partial charge in [0.25, 0.3) is 5.91 Å². The van der Waals surface area contributed by atoms with Gasteiger partial charge in [-0.1, -0.05) is 12.8 Å². The van der Waals surface area contributed by atoms with Crippen molar-refractivity contribution in [1.29, 1.82) is 0 Å². The molecule has 3 rings (SSSR count). The van der Waals surface area contributed by atoms with E-state index in [1.165, 1.54) is 13.2 Å². The van der Waals surface area contributed by atoms with Crippen molar-refractivity contribution < 1.29 is 17.9 Å². The molecular formula is C19H30ClN3O4S. The molecule has 28 heavy (non-hydrogen) atoms. The Morgan fingerprint density at radius 2 is 1.71 bits per heavy atom. The number of carbonyl (C=O) groups excluding carboxylic acids is 1. The average Bonchev–Trinajstić information content (AvgIpc) is 3.12. The smallest absolute Gasteiger partial charge is 0.257 e. The highest BCUT2D eigenvalue weighted by atomic mass is 35.5. The molecular weight excluding hydrogens is 402 g/mol. The van der Waals surface area contributed by atoms with E-state index in [0.717, 1.165) is 45.2 Å². The van der Waals surface area contributed by atoms with Crippen LogP contribution in [0.1, 0.15) is 42.5 Å². The van der Waals surface area contributed by atoms with Gasteiger partial charge in [0.05, 0.1) is 17.6 Å². The van der Waals surface area contributed by atoms with Gasteiger partial charge >= 0.3 is 0 Å². The molecule has 1 amide bonds. The van der Waals surface area contributed by atoms with Crippen LogP contribution in [0.4, 0.5) is 0 Å². The predicted molar refractivity (Wildman–Crippen MR) is 111 cm³/mol. The second-order valence-corrected chi connectivity index (χ2v) is 9.01. The highest BCUT2D eigenvalue weighted by molar-refractivity contribution is 7.89. The third-order valence-electron chi connectivity index (χ3n) is 5.23. The number of nitrogens with zero attached hydrogens (tertiary/aromatic N) is 2. The molecule has 0 aliphatic carbocycles. The Hall–Kier alpha value is -1.35. The standard InChI is InChI=1S/C19H29N3O4S.ClH/c1-26-18-8-7-16(27(24,25)22-12-4-2-3-5-13-22)15-17(18)19(23)21-11-6-9-20-10-14-21;/h7-8,15,20H,2-6,9-14H2,1H3;1H. The zero-order valence-corrected chi connectivity index (χ0v) is 18.0. The minimum absolute atomic E-state index is 0. The first-order valence-corrected chi connectivity index (χ1v) is 11.2. The highest BCUT2D eigenvalue weighted by Crippen LogP contribution is 2.27. The molecule has 1 aromatic rings. The maximum atomic E-state index is 13.1. The van der Waals surface area contributed by atoms with Crippen LogP contribution in [-0.2, 0) is 10.0 Å². The van der Waals surface area contributed by atoms with E-state index >= 15 is 0 Å². The van der Waals surface area contributed by atoms with Gasteiger partial charge in [-0.3, -0.25) is 4.79 Å². The topological polar surface area (TPSA) is 79.0 Å². The number of amides is 1. The van der Waals surface area contributed by atoms with Crippen LogP contribution in [0.15, 0.2) is 23.1 Å². The number of rotatable bonds is 4. The van der Waals surface area contributed by atoms with Crippen LogP contribution >= 0.6 is 12.4 Å². The van der Waals surface area contributed by atoms with Gasteiger partial charge < -0.3 is 15.0 Å². The van der Waals surface area contributed by atoms with Crippen LogP contribution in [0.3, 0.4) is 0 Å². The largest absolute Gasteiger partial charge is 0.496 e. The quantitative estimate of drug-likeness (QED) is 0.789. The Morgan fingerprint density at radius 3 is 2.39 bits per heavy atom. The number of methoxy groups -OCH3 is 1. The van der Waals surface area contributed by atoms with Crippen molar-refractivity contribution in [2.75, 3.05) is 46.4 Å². The molecule has 0 radical (unpaired) electrons. The van der Waals surface area contributed by atoms with Crippen LogP contribution < -0.4 is 10.1 Å². The van der Waals surface area contributed by atoms with Gasteiger partial charge in [-0.05, 0) is 44.0 Å². The van der Waals surface area contributed by atoms with Crippen molar-refractivity contribution in [3.05, 3.63) is 23.8 Å². The normalized spacial score (nSPS) is 19.2. The van der Waals surface area contributed by atoms with E-state index in [0.29, 0.717) is 37.5 Å². The molecule has 0 atom stereocenters. The Labute approximate surface area is 173 Å². The van der Waals surface area contributed by atoms with E-state index in [4.69, 9.17) is 4.74 Å². The van der Waals surface area contributed by atoms with Crippen LogP contribution in [0.5, 0.6) is 5.75 Å². The number of nitrogens with one attached hydrogen (secondary N) is 1. The van der Waals surface area contributed by atoms with Crippen LogP contribution in [0.2, 0.25) is 0 Å². The minimum Gasteiger partial charge on any atom is -0.496 e. The van der Waals surface area contributed by atoms with Crippen molar-refractivity contribution >= 4 is 28.3 Å². The van der Waals surface area contributed by atoms with Gasteiger partial charge in [0.1, 0.15) is 5.75 Å². The van der Waals surface area contributed by atoms with E-state index in [9.17, 15) is 13.2 Å². The number of hydrogen-bond acceptors (Lipinski definition) is 5. The predicted octanol–water partition coefficient (Wildman–Crippen LogP) is 2.12. The van der Waals surface area contributed by atoms with Gasteiger partial charge in [0.15, 0.2) is 0 Å². The molecule has 9 heteroatoms.